The van der Waals surface area contributed by atoms with Crippen LogP contribution in [0.2, 0.25) is 0 Å². The zero-order chi connectivity index (χ0) is 15.5. The van der Waals surface area contributed by atoms with E-state index in [1.165, 1.54) is 17.8 Å². The summed E-state index contributed by atoms with van der Waals surface area (Å²) in [7, 11) is 0. The van der Waals surface area contributed by atoms with Gasteiger partial charge in [0.1, 0.15) is 6.33 Å². The van der Waals surface area contributed by atoms with E-state index in [0.717, 1.165) is 11.8 Å². The van der Waals surface area contributed by atoms with Gasteiger partial charge in [0, 0.05) is 11.3 Å². The molecule has 0 spiro atoms. The van der Waals surface area contributed by atoms with E-state index in [1.807, 2.05) is 0 Å². The van der Waals surface area contributed by atoms with Crippen molar-refractivity contribution in [3.63, 3.8) is 0 Å². The van der Waals surface area contributed by atoms with Crippen molar-refractivity contribution < 1.29 is 14.0 Å². The molecule has 0 unspecified atom stereocenters. The first-order chi connectivity index (χ1) is 10.6. The summed E-state index contributed by atoms with van der Waals surface area (Å²) in [4.78, 5) is 23.2. The lowest BCUT2D eigenvalue weighted by Gasteiger charge is -2.05. The summed E-state index contributed by atoms with van der Waals surface area (Å²) >= 11 is 1.14. The second kappa shape index (κ2) is 5.98. The minimum atomic E-state index is -0.223. The number of carbonyl (C=O) groups is 2. The first-order valence-corrected chi connectivity index (χ1v) is 7.31. The molecule has 1 aromatic carbocycles. The standard InChI is InChI=1S/C13H11N5O3S/c1-8(19)9-3-2-4-10(5-9)15-11(20)6-22-13-17-18-7-14-16-12(18)21-13/h2-5,7H,6H2,1H3,(H,15,20). The van der Waals surface area contributed by atoms with Gasteiger partial charge in [-0.15, -0.1) is 10.2 Å². The Balaban J connectivity index is 1.59. The van der Waals surface area contributed by atoms with Crippen molar-refractivity contribution in [2.45, 2.75) is 12.1 Å². The Bertz CT molecular complexity index is 812. The summed E-state index contributed by atoms with van der Waals surface area (Å²) in [5.74, 6) is 0.125. The number of nitrogens with one attached hydrogen (secondary N) is 1. The van der Waals surface area contributed by atoms with Crippen LogP contribution in [-0.2, 0) is 4.79 Å². The third kappa shape index (κ3) is 3.14. The molecule has 8 nitrogen and oxygen atoms in total. The highest BCUT2D eigenvalue weighted by molar-refractivity contribution is 7.99. The molecule has 0 aliphatic rings. The van der Waals surface area contributed by atoms with E-state index >= 15 is 0 Å². The normalized spacial score (nSPS) is 10.8. The van der Waals surface area contributed by atoms with Gasteiger partial charge in [-0.2, -0.15) is 4.52 Å². The van der Waals surface area contributed by atoms with Crippen LogP contribution in [0.3, 0.4) is 0 Å². The quantitative estimate of drug-likeness (QED) is 0.564. The van der Waals surface area contributed by atoms with Crippen LogP contribution in [0.4, 0.5) is 5.69 Å². The minimum Gasteiger partial charge on any atom is -0.396 e. The van der Waals surface area contributed by atoms with Gasteiger partial charge in [0.2, 0.25) is 5.91 Å². The lowest BCUT2D eigenvalue weighted by Crippen LogP contribution is -2.14. The number of Topliss-reactive ketones (excluding diaryl/α,β-unsaturated/α-hetero) is 1. The van der Waals surface area contributed by atoms with Gasteiger partial charge < -0.3 is 9.73 Å². The average Bonchev–Trinajstić information content (AvgIpc) is 3.06. The third-order valence-corrected chi connectivity index (χ3v) is 3.57. The number of rotatable bonds is 5. The van der Waals surface area contributed by atoms with Crippen LogP contribution >= 0.6 is 11.8 Å². The van der Waals surface area contributed by atoms with Gasteiger partial charge in [0.25, 0.3) is 5.22 Å². The van der Waals surface area contributed by atoms with Crippen LogP contribution in [0.15, 0.2) is 40.2 Å². The Morgan fingerprint density at radius 3 is 3.05 bits per heavy atom. The van der Waals surface area contributed by atoms with Crippen molar-refractivity contribution in [1.29, 1.82) is 0 Å². The molecular weight excluding hydrogens is 306 g/mol. The molecular formula is C13H11N5O3S. The number of benzene rings is 1. The van der Waals surface area contributed by atoms with E-state index < -0.39 is 0 Å². The lowest BCUT2D eigenvalue weighted by atomic mass is 10.1. The van der Waals surface area contributed by atoms with Gasteiger partial charge in [0.05, 0.1) is 5.75 Å². The van der Waals surface area contributed by atoms with E-state index in [2.05, 4.69) is 20.6 Å². The van der Waals surface area contributed by atoms with Gasteiger partial charge in [-0.1, -0.05) is 29.0 Å². The van der Waals surface area contributed by atoms with Gasteiger partial charge in [0.15, 0.2) is 5.78 Å². The Hall–Kier alpha value is -2.68. The van der Waals surface area contributed by atoms with Crippen molar-refractivity contribution in [2.24, 2.45) is 0 Å². The molecule has 0 radical (unpaired) electrons. The minimum absolute atomic E-state index is 0.0535. The highest BCUT2D eigenvalue weighted by Crippen LogP contribution is 2.18. The van der Waals surface area contributed by atoms with Crippen molar-refractivity contribution in [1.82, 2.24) is 19.8 Å². The maximum Gasteiger partial charge on any atom is 0.345 e. The number of aromatic nitrogens is 4. The highest BCUT2D eigenvalue weighted by atomic mass is 32.2. The summed E-state index contributed by atoms with van der Waals surface area (Å²) in [5.41, 5.74) is 1.12. The van der Waals surface area contributed by atoms with E-state index in [1.54, 1.807) is 24.3 Å². The van der Waals surface area contributed by atoms with Crippen molar-refractivity contribution in [3.8, 4) is 0 Å². The summed E-state index contributed by atoms with van der Waals surface area (Å²) < 4.78 is 6.66. The molecule has 0 aliphatic heterocycles. The molecule has 0 bridgehead atoms. The number of thioether (sulfide) groups is 1. The molecule has 112 valence electrons. The molecule has 0 atom stereocenters. The lowest BCUT2D eigenvalue weighted by molar-refractivity contribution is -0.113. The molecule has 0 fully saturated rings. The number of fused-ring (bicyclic) bond motifs is 1. The van der Waals surface area contributed by atoms with Gasteiger partial charge in [-0.05, 0) is 19.1 Å². The Labute approximate surface area is 128 Å². The van der Waals surface area contributed by atoms with Crippen LogP contribution < -0.4 is 5.32 Å². The molecule has 0 saturated heterocycles. The zero-order valence-corrected chi connectivity index (χ0v) is 12.3. The monoisotopic (exact) mass is 317 g/mol. The number of ketones is 1. The van der Waals surface area contributed by atoms with Crippen LogP contribution in [0, 0.1) is 0 Å². The van der Waals surface area contributed by atoms with Gasteiger partial charge in [-0.3, -0.25) is 9.59 Å². The summed E-state index contributed by atoms with van der Waals surface area (Å²) in [6, 6.07) is 6.77. The average molecular weight is 317 g/mol. The molecule has 2 aromatic heterocycles. The summed E-state index contributed by atoms with van der Waals surface area (Å²) in [6.07, 6.45) is 1.41. The maximum atomic E-state index is 11.9. The second-order valence-electron chi connectivity index (χ2n) is 4.40. The summed E-state index contributed by atoms with van der Waals surface area (Å²) in [6.45, 7) is 1.48. The van der Waals surface area contributed by atoms with Crippen LogP contribution in [-0.4, -0.2) is 37.3 Å². The SMILES string of the molecule is CC(=O)c1cccc(NC(=O)CSc2nn3cnnc3o2)c1. The van der Waals surface area contributed by atoms with Crippen molar-refractivity contribution in [3.05, 3.63) is 36.2 Å². The maximum absolute atomic E-state index is 11.9. The Morgan fingerprint density at radius 1 is 1.41 bits per heavy atom. The molecule has 9 heteroatoms. The van der Waals surface area contributed by atoms with Crippen LogP contribution in [0.1, 0.15) is 17.3 Å². The third-order valence-electron chi connectivity index (χ3n) is 2.75. The first-order valence-electron chi connectivity index (χ1n) is 6.32. The molecule has 0 aliphatic carbocycles. The molecule has 22 heavy (non-hydrogen) atoms. The summed E-state index contributed by atoms with van der Waals surface area (Å²) in [5, 5.41) is 14.4. The number of amides is 1. The molecule has 0 saturated carbocycles. The molecule has 3 aromatic rings. The molecule has 3 rings (SSSR count). The van der Waals surface area contributed by atoms with Crippen LogP contribution in [0.5, 0.6) is 0 Å². The van der Waals surface area contributed by atoms with E-state index in [9.17, 15) is 9.59 Å². The predicted molar refractivity (Wildman–Crippen MR) is 78.8 cm³/mol. The van der Waals surface area contributed by atoms with Gasteiger partial charge >= 0.3 is 5.84 Å². The van der Waals surface area contributed by atoms with Crippen molar-refractivity contribution >= 4 is 35.0 Å². The fraction of sp³-hybridized carbons (Fsp3) is 0.154. The number of hydrogen-bond acceptors (Lipinski definition) is 7. The topological polar surface area (TPSA) is 102 Å². The Morgan fingerprint density at radius 2 is 2.27 bits per heavy atom. The van der Waals surface area contributed by atoms with E-state index in [4.69, 9.17) is 4.42 Å². The van der Waals surface area contributed by atoms with E-state index in [0.29, 0.717) is 16.5 Å². The number of hydrogen-bond donors (Lipinski definition) is 1. The fourth-order valence-electron chi connectivity index (χ4n) is 1.74. The number of nitrogens with zero attached hydrogens (tertiary/aromatic N) is 4. The fourth-order valence-corrected chi connectivity index (χ4v) is 2.35. The highest BCUT2D eigenvalue weighted by Gasteiger charge is 2.11. The number of carbonyl (C=O) groups excluding carboxylic acids is 2. The number of anilines is 1. The zero-order valence-electron chi connectivity index (χ0n) is 11.5. The Kier molecular flexibility index (Phi) is 3.88. The molecule has 1 amide bonds. The molecule has 2 heterocycles. The first kappa shape index (κ1) is 14.3. The van der Waals surface area contributed by atoms with Crippen molar-refractivity contribution in [2.75, 3.05) is 11.1 Å². The molecule has 1 N–H and O–H groups in total. The smallest absolute Gasteiger partial charge is 0.345 e. The largest absolute Gasteiger partial charge is 0.396 e. The van der Waals surface area contributed by atoms with Crippen LogP contribution in [0.25, 0.3) is 5.84 Å². The van der Waals surface area contributed by atoms with E-state index in [-0.39, 0.29) is 23.3 Å². The predicted octanol–water partition coefficient (Wildman–Crippen LogP) is 1.65. The van der Waals surface area contributed by atoms with Gasteiger partial charge in [-0.25, -0.2) is 0 Å². The second-order valence-corrected chi connectivity index (χ2v) is 5.33.